The van der Waals surface area contributed by atoms with Gasteiger partial charge in [0.15, 0.2) is 17.4 Å². The highest BCUT2D eigenvalue weighted by Crippen LogP contribution is 2.12. The number of carbonyl (C=O) groups is 1. The van der Waals surface area contributed by atoms with Gasteiger partial charge in [-0.1, -0.05) is 0 Å². The zero-order valence-electron chi connectivity index (χ0n) is 11.3. The molecule has 1 atom stereocenters. The molecule has 0 aliphatic carbocycles. The van der Waals surface area contributed by atoms with E-state index < -0.39 is 17.7 Å². The normalized spacial score (nSPS) is 12.7. The third kappa shape index (κ3) is 5.04. The predicted molar refractivity (Wildman–Crippen MR) is 67.2 cm³/mol. The van der Waals surface area contributed by atoms with Crippen LogP contribution < -0.4 is 0 Å². The van der Waals surface area contributed by atoms with Crippen molar-refractivity contribution < 1.29 is 23.0 Å². The Kier molecular flexibility index (Phi) is 6.05. The van der Waals surface area contributed by atoms with E-state index in [9.17, 15) is 13.6 Å². The van der Waals surface area contributed by atoms with Gasteiger partial charge < -0.3 is 9.47 Å². The molecule has 1 aromatic carbocycles. The van der Waals surface area contributed by atoms with Gasteiger partial charge >= 0.3 is 0 Å². The molecule has 0 radical (unpaired) electrons. The molecular formula is C14H18F2O3. The molecule has 5 heteroatoms. The zero-order chi connectivity index (χ0) is 14.4. The lowest BCUT2D eigenvalue weighted by Crippen LogP contribution is -2.23. The number of rotatable bonds is 7. The summed E-state index contributed by atoms with van der Waals surface area (Å²) in [6.45, 7) is 6.02. The molecule has 3 nitrogen and oxygen atoms in total. The smallest absolute Gasteiger partial charge is 0.191 e. The fourth-order valence-electron chi connectivity index (χ4n) is 1.47. The molecule has 0 aliphatic heterocycles. The Morgan fingerprint density at radius 2 is 1.74 bits per heavy atom. The first kappa shape index (κ1) is 15.7. The average molecular weight is 272 g/mol. The van der Waals surface area contributed by atoms with Crippen molar-refractivity contribution in [3.05, 3.63) is 35.4 Å². The Labute approximate surface area is 111 Å². The number of Topliss-reactive ketones (excluding diaryl/α,β-unsaturated/α-hetero) is 1. The van der Waals surface area contributed by atoms with Crippen molar-refractivity contribution in [1.29, 1.82) is 0 Å². The van der Waals surface area contributed by atoms with Crippen molar-refractivity contribution in [3.8, 4) is 0 Å². The van der Waals surface area contributed by atoms with Crippen molar-refractivity contribution in [3.63, 3.8) is 0 Å². The van der Waals surface area contributed by atoms with Crippen LogP contribution in [0.25, 0.3) is 0 Å². The number of benzene rings is 1. The zero-order valence-corrected chi connectivity index (χ0v) is 11.3. The molecule has 0 aromatic heterocycles. The molecule has 1 aromatic rings. The molecule has 106 valence electrons. The number of carbonyl (C=O) groups excluding carboxylic acids is 1. The fourth-order valence-corrected chi connectivity index (χ4v) is 1.47. The molecule has 0 heterocycles. The van der Waals surface area contributed by atoms with Crippen molar-refractivity contribution >= 4 is 5.78 Å². The van der Waals surface area contributed by atoms with Gasteiger partial charge in [-0.2, -0.15) is 0 Å². The number of ketones is 1. The van der Waals surface area contributed by atoms with Gasteiger partial charge in [-0.25, -0.2) is 8.78 Å². The molecular weight excluding hydrogens is 254 g/mol. The van der Waals surface area contributed by atoms with Gasteiger partial charge in [-0.15, -0.1) is 0 Å². The Morgan fingerprint density at radius 1 is 1.11 bits per heavy atom. The lowest BCUT2D eigenvalue weighted by atomic mass is 10.1. The minimum atomic E-state index is -1.04. The monoisotopic (exact) mass is 272 g/mol. The van der Waals surface area contributed by atoms with Crippen LogP contribution in [-0.2, 0) is 9.47 Å². The van der Waals surface area contributed by atoms with E-state index in [4.69, 9.17) is 9.47 Å². The van der Waals surface area contributed by atoms with Gasteiger partial charge in [0, 0.05) is 5.56 Å². The quantitative estimate of drug-likeness (QED) is 0.565. The summed E-state index contributed by atoms with van der Waals surface area (Å²) in [5, 5.41) is 0. The molecule has 0 saturated carbocycles. The molecule has 19 heavy (non-hydrogen) atoms. The highest BCUT2D eigenvalue weighted by atomic mass is 19.2. The summed E-state index contributed by atoms with van der Waals surface area (Å²) in [5.41, 5.74) is 0.0937. The maximum Gasteiger partial charge on any atom is 0.191 e. The Morgan fingerprint density at radius 3 is 2.32 bits per heavy atom. The van der Waals surface area contributed by atoms with E-state index in [-0.39, 0.29) is 24.1 Å². The van der Waals surface area contributed by atoms with E-state index in [2.05, 4.69) is 0 Å². The molecule has 0 bridgehead atoms. The molecule has 1 rings (SSSR count). The van der Waals surface area contributed by atoms with Gasteiger partial charge in [0.25, 0.3) is 0 Å². The van der Waals surface area contributed by atoms with Gasteiger partial charge in [0.1, 0.15) is 6.10 Å². The molecule has 0 N–H and O–H groups in total. The third-order valence-corrected chi connectivity index (χ3v) is 2.48. The first-order valence-corrected chi connectivity index (χ1v) is 6.14. The number of hydrogen-bond acceptors (Lipinski definition) is 3. The number of halogens is 2. The van der Waals surface area contributed by atoms with E-state index in [1.54, 1.807) is 6.92 Å². The van der Waals surface area contributed by atoms with E-state index >= 15 is 0 Å². The summed E-state index contributed by atoms with van der Waals surface area (Å²) in [6.07, 6.45) is -0.624. The van der Waals surface area contributed by atoms with Crippen LogP contribution in [0.15, 0.2) is 18.2 Å². The van der Waals surface area contributed by atoms with Crippen LogP contribution in [0.1, 0.15) is 31.1 Å². The maximum absolute atomic E-state index is 13.0. The summed E-state index contributed by atoms with van der Waals surface area (Å²) in [4.78, 5) is 11.9. The van der Waals surface area contributed by atoms with Crippen molar-refractivity contribution in [2.75, 3.05) is 13.2 Å². The first-order chi connectivity index (χ1) is 8.91. The van der Waals surface area contributed by atoms with Crippen molar-refractivity contribution in [2.24, 2.45) is 0 Å². The number of hydrogen-bond donors (Lipinski definition) is 0. The first-order valence-electron chi connectivity index (χ1n) is 6.14. The van der Waals surface area contributed by atoms with Crippen LogP contribution in [0.2, 0.25) is 0 Å². The van der Waals surface area contributed by atoms with Crippen LogP contribution in [-0.4, -0.2) is 31.2 Å². The number of ether oxygens (including phenoxy) is 2. The summed E-state index contributed by atoms with van der Waals surface area (Å²) in [6, 6.07) is 3.05. The summed E-state index contributed by atoms with van der Waals surface area (Å²) in [7, 11) is 0. The summed E-state index contributed by atoms with van der Waals surface area (Å²) >= 11 is 0. The molecule has 0 amide bonds. The van der Waals surface area contributed by atoms with Gasteiger partial charge in [-0.3, -0.25) is 4.79 Å². The molecule has 0 fully saturated rings. The fraction of sp³-hybridized carbons (Fsp3) is 0.500. The Hall–Kier alpha value is -1.33. The lowest BCUT2D eigenvalue weighted by molar-refractivity contribution is -0.00177. The minimum Gasteiger partial charge on any atom is -0.376 e. The summed E-state index contributed by atoms with van der Waals surface area (Å²) in [5.74, 6) is -2.40. The standard InChI is InChI=1S/C14H18F2O3/c1-9(2)18-6-7-19-10(3)14(17)11-4-5-12(15)13(16)8-11/h4-5,8-10H,6-7H2,1-3H3. The Bertz CT molecular complexity index is 433. The Balaban J connectivity index is 2.49. The van der Waals surface area contributed by atoms with E-state index in [1.807, 2.05) is 13.8 Å². The predicted octanol–water partition coefficient (Wildman–Crippen LogP) is 2.98. The summed E-state index contributed by atoms with van der Waals surface area (Å²) < 4.78 is 36.3. The third-order valence-electron chi connectivity index (χ3n) is 2.48. The van der Waals surface area contributed by atoms with Crippen LogP contribution in [0.5, 0.6) is 0 Å². The molecule has 1 unspecified atom stereocenters. The average Bonchev–Trinajstić information content (AvgIpc) is 2.36. The molecule has 0 aliphatic rings. The van der Waals surface area contributed by atoms with Gasteiger partial charge in [0.05, 0.1) is 19.3 Å². The minimum absolute atomic E-state index is 0.0937. The highest BCUT2D eigenvalue weighted by Gasteiger charge is 2.17. The second kappa shape index (κ2) is 7.31. The van der Waals surface area contributed by atoms with Crippen molar-refractivity contribution in [1.82, 2.24) is 0 Å². The maximum atomic E-state index is 13.0. The van der Waals surface area contributed by atoms with Crippen LogP contribution >= 0.6 is 0 Å². The van der Waals surface area contributed by atoms with Crippen LogP contribution in [0.3, 0.4) is 0 Å². The topological polar surface area (TPSA) is 35.5 Å². The van der Waals surface area contributed by atoms with E-state index in [1.165, 1.54) is 6.07 Å². The second-order valence-electron chi connectivity index (χ2n) is 4.43. The van der Waals surface area contributed by atoms with Crippen molar-refractivity contribution in [2.45, 2.75) is 33.0 Å². The lowest BCUT2D eigenvalue weighted by Gasteiger charge is -2.13. The molecule has 0 spiro atoms. The van der Waals surface area contributed by atoms with Gasteiger partial charge in [-0.05, 0) is 39.0 Å². The van der Waals surface area contributed by atoms with E-state index in [0.717, 1.165) is 12.1 Å². The largest absolute Gasteiger partial charge is 0.376 e. The molecule has 0 saturated heterocycles. The SMILES string of the molecule is CC(C)OCCOC(C)C(=O)c1ccc(F)c(F)c1. The second-order valence-corrected chi connectivity index (χ2v) is 4.43. The highest BCUT2D eigenvalue weighted by molar-refractivity contribution is 5.99. The van der Waals surface area contributed by atoms with Crippen LogP contribution in [0.4, 0.5) is 8.78 Å². The van der Waals surface area contributed by atoms with E-state index in [0.29, 0.717) is 6.61 Å². The van der Waals surface area contributed by atoms with Gasteiger partial charge in [0.2, 0.25) is 0 Å². The van der Waals surface area contributed by atoms with Crippen LogP contribution in [0, 0.1) is 11.6 Å².